The maximum Gasteiger partial charge on any atom is 0.122 e. The molecule has 1 fully saturated rings. The second-order valence-corrected chi connectivity index (χ2v) is 4.88. The summed E-state index contributed by atoms with van der Waals surface area (Å²) in [4.78, 5) is 0. The largest absolute Gasteiger partial charge is 0.496 e. The van der Waals surface area contributed by atoms with Crippen LogP contribution in [0.25, 0.3) is 0 Å². The van der Waals surface area contributed by atoms with Gasteiger partial charge < -0.3 is 9.84 Å². The number of hydrogen-bond acceptors (Lipinski definition) is 2. The predicted molar refractivity (Wildman–Crippen MR) is 69.6 cm³/mol. The highest BCUT2D eigenvalue weighted by atomic mass is 16.5. The molecule has 0 aromatic heterocycles. The van der Waals surface area contributed by atoms with Crippen molar-refractivity contribution in [2.45, 2.75) is 44.4 Å². The lowest BCUT2D eigenvalue weighted by atomic mass is 9.83. The van der Waals surface area contributed by atoms with E-state index in [4.69, 9.17) is 9.84 Å². The fourth-order valence-electron chi connectivity index (χ4n) is 2.80. The Morgan fingerprint density at radius 3 is 2.65 bits per heavy atom. The van der Waals surface area contributed by atoms with Crippen LogP contribution in [0.1, 0.15) is 49.1 Å². The monoisotopic (exact) mass is 234 g/mol. The van der Waals surface area contributed by atoms with Gasteiger partial charge in [0, 0.05) is 6.61 Å². The molecule has 94 valence electrons. The van der Waals surface area contributed by atoms with Crippen LogP contribution in [0.15, 0.2) is 18.2 Å². The maximum atomic E-state index is 9.02. The van der Waals surface area contributed by atoms with Gasteiger partial charge in [0.05, 0.1) is 7.11 Å². The number of rotatable bonds is 4. The number of benzene rings is 1. The number of aliphatic hydroxyl groups excluding tert-OH is 1. The second kappa shape index (κ2) is 6.06. The van der Waals surface area contributed by atoms with Crippen LogP contribution in [-0.2, 0) is 6.42 Å². The molecule has 0 unspecified atom stereocenters. The third kappa shape index (κ3) is 3.01. The molecule has 0 heterocycles. The van der Waals surface area contributed by atoms with E-state index in [0.717, 1.165) is 12.2 Å². The molecule has 1 N–H and O–H groups in total. The number of methoxy groups -OCH3 is 1. The summed E-state index contributed by atoms with van der Waals surface area (Å²) < 4.78 is 5.47. The van der Waals surface area contributed by atoms with Gasteiger partial charge in [0.2, 0.25) is 0 Å². The minimum atomic E-state index is 0.219. The van der Waals surface area contributed by atoms with Crippen LogP contribution in [0, 0.1) is 0 Å². The summed E-state index contributed by atoms with van der Waals surface area (Å²) in [5, 5.41) is 9.02. The second-order valence-electron chi connectivity index (χ2n) is 4.88. The van der Waals surface area contributed by atoms with Gasteiger partial charge in [-0.1, -0.05) is 31.4 Å². The summed E-state index contributed by atoms with van der Waals surface area (Å²) in [7, 11) is 1.74. The number of ether oxygens (including phenoxy) is 1. The van der Waals surface area contributed by atoms with Crippen LogP contribution in [0.2, 0.25) is 0 Å². The fourth-order valence-corrected chi connectivity index (χ4v) is 2.80. The topological polar surface area (TPSA) is 29.5 Å². The molecule has 0 aliphatic heterocycles. The minimum Gasteiger partial charge on any atom is -0.496 e. The van der Waals surface area contributed by atoms with Crippen molar-refractivity contribution in [3.05, 3.63) is 29.3 Å². The zero-order chi connectivity index (χ0) is 12.1. The molecule has 1 aromatic rings. The van der Waals surface area contributed by atoms with Crippen LogP contribution < -0.4 is 4.74 Å². The Bertz CT molecular complexity index is 354. The normalized spacial score (nSPS) is 17.1. The Kier molecular flexibility index (Phi) is 4.43. The van der Waals surface area contributed by atoms with E-state index < -0.39 is 0 Å². The van der Waals surface area contributed by atoms with Crippen LogP contribution in [0.4, 0.5) is 0 Å². The molecular weight excluding hydrogens is 212 g/mol. The molecule has 0 atom stereocenters. The van der Waals surface area contributed by atoms with E-state index in [1.54, 1.807) is 7.11 Å². The molecule has 1 aliphatic rings. The van der Waals surface area contributed by atoms with Gasteiger partial charge in [0.25, 0.3) is 0 Å². The highest BCUT2D eigenvalue weighted by Crippen LogP contribution is 2.37. The van der Waals surface area contributed by atoms with Gasteiger partial charge in [-0.2, -0.15) is 0 Å². The summed E-state index contributed by atoms with van der Waals surface area (Å²) in [5.41, 5.74) is 2.56. The molecule has 0 amide bonds. The average molecular weight is 234 g/mol. The quantitative estimate of drug-likeness (QED) is 0.866. The Balaban J connectivity index is 2.24. The first kappa shape index (κ1) is 12.4. The van der Waals surface area contributed by atoms with Crippen LogP contribution in [0.5, 0.6) is 5.75 Å². The first-order valence-electron chi connectivity index (χ1n) is 6.63. The summed E-state index contributed by atoms with van der Waals surface area (Å²) in [5.74, 6) is 1.66. The average Bonchev–Trinajstić information content (AvgIpc) is 2.40. The van der Waals surface area contributed by atoms with Crippen molar-refractivity contribution in [3.8, 4) is 5.75 Å². The third-order valence-corrected chi connectivity index (χ3v) is 3.74. The van der Waals surface area contributed by atoms with Crippen molar-refractivity contribution in [1.82, 2.24) is 0 Å². The van der Waals surface area contributed by atoms with Gasteiger partial charge in [-0.15, -0.1) is 0 Å². The highest BCUT2D eigenvalue weighted by molar-refractivity contribution is 5.40. The molecule has 1 saturated carbocycles. The molecule has 0 spiro atoms. The SMILES string of the molecule is COc1ccc(CCO)cc1C1CCCCC1. The van der Waals surface area contributed by atoms with E-state index >= 15 is 0 Å². The van der Waals surface area contributed by atoms with Crippen LogP contribution in [-0.4, -0.2) is 18.8 Å². The Morgan fingerprint density at radius 1 is 1.24 bits per heavy atom. The highest BCUT2D eigenvalue weighted by Gasteiger charge is 2.19. The molecule has 17 heavy (non-hydrogen) atoms. The molecule has 0 saturated heterocycles. The lowest BCUT2D eigenvalue weighted by molar-refractivity contribution is 0.299. The molecule has 2 nitrogen and oxygen atoms in total. The lowest BCUT2D eigenvalue weighted by Gasteiger charge is -2.24. The zero-order valence-corrected chi connectivity index (χ0v) is 10.6. The van der Waals surface area contributed by atoms with Gasteiger partial charge in [0.1, 0.15) is 5.75 Å². The van der Waals surface area contributed by atoms with E-state index in [1.165, 1.54) is 43.2 Å². The smallest absolute Gasteiger partial charge is 0.122 e. The van der Waals surface area contributed by atoms with Gasteiger partial charge in [0.15, 0.2) is 0 Å². The molecule has 0 radical (unpaired) electrons. The maximum absolute atomic E-state index is 9.02. The van der Waals surface area contributed by atoms with Crippen molar-refractivity contribution >= 4 is 0 Å². The lowest BCUT2D eigenvalue weighted by Crippen LogP contribution is -2.07. The third-order valence-electron chi connectivity index (χ3n) is 3.74. The standard InChI is InChI=1S/C15H22O2/c1-17-15-8-7-12(9-10-16)11-14(15)13-5-3-2-4-6-13/h7-8,11,13,16H,2-6,9-10H2,1H3. The molecule has 0 bridgehead atoms. The molecule has 2 heteroatoms. The summed E-state index contributed by atoms with van der Waals surface area (Å²) >= 11 is 0. The van der Waals surface area contributed by atoms with Gasteiger partial charge in [-0.3, -0.25) is 0 Å². The van der Waals surface area contributed by atoms with Gasteiger partial charge >= 0.3 is 0 Å². The molecule has 1 aromatic carbocycles. The first-order valence-corrected chi connectivity index (χ1v) is 6.63. The van der Waals surface area contributed by atoms with E-state index in [0.29, 0.717) is 5.92 Å². The number of aliphatic hydroxyl groups is 1. The molecule has 2 rings (SSSR count). The van der Waals surface area contributed by atoms with Gasteiger partial charge in [-0.05, 0) is 42.4 Å². The van der Waals surface area contributed by atoms with Crippen molar-refractivity contribution in [2.75, 3.05) is 13.7 Å². The van der Waals surface area contributed by atoms with E-state index in [1.807, 2.05) is 0 Å². The summed E-state index contributed by atoms with van der Waals surface area (Å²) in [6, 6.07) is 6.33. The summed E-state index contributed by atoms with van der Waals surface area (Å²) in [6.45, 7) is 0.219. The van der Waals surface area contributed by atoms with Crippen molar-refractivity contribution in [1.29, 1.82) is 0 Å². The van der Waals surface area contributed by atoms with Crippen LogP contribution in [0.3, 0.4) is 0 Å². The Morgan fingerprint density at radius 2 is 2.00 bits per heavy atom. The first-order chi connectivity index (χ1) is 8.35. The van der Waals surface area contributed by atoms with E-state index in [9.17, 15) is 0 Å². The molecular formula is C15H22O2. The zero-order valence-electron chi connectivity index (χ0n) is 10.6. The van der Waals surface area contributed by atoms with E-state index in [-0.39, 0.29) is 6.61 Å². The van der Waals surface area contributed by atoms with Gasteiger partial charge in [-0.25, -0.2) is 0 Å². The van der Waals surface area contributed by atoms with Crippen molar-refractivity contribution < 1.29 is 9.84 Å². The fraction of sp³-hybridized carbons (Fsp3) is 0.600. The molecule has 1 aliphatic carbocycles. The van der Waals surface area contributed by atoms with Crippen LogP contribution >= 0.6 is 0 Å². The predicted octanol–water partition coefficient (Wildman–Crippen LogP) is 3.28. The Labute approximate surface area is 104 Å². The van der Waals surface area contributed by atoms with Crippen molar-refractivity contribution in [2.24, 2.45) is 0 Å². The minimum absolute atomic E-state index is 0.219. The number of hydrogen-bond donors (Lipinski definition) is 1. The van der Waals surface area contributed by atoms with E-state index in [2.05, 4.69) is 18.2 Å². The van der Waals surface area contributed by atoms with Crippen molar-refractivity contribution in [3.63, 3.8) is 0 Å². The summed E-state index contributed by atoms with van der Waals surface area (Å²) in [6.07, 6.45) is 7.33. The Hall–Kier alpha value is -1.02.